The van der Waals surface area contributed by atoms with Crippen molar-refractivity contribution in [3.8, 4) is 0 Å². The SMILES string of the molecule is COC(=O)CC[C@H]1CC[C@@H](C(F)(F)F)N1. The first-order valence-corrected chi connectivity index (χ1v) is 4.83. The van der Waals surface area contributed by atoms with Gasteiger partial charge in [-0.2, -0.15) is 13.2 Å². The maximum atomic E-state index is 12.2. The van der Waals surface area contributed by atoms with Gasteiger partial charge in [-0.1, -0.05) is 0 Å². The second-order valence-corrected chi connectivity index (χ2v) is 3.65. The van der Waals surface area contributed by atoms with Gasteiger partial charge in [0.1, 0.15) is 6.04 Å². The molecule has 0 aromatic carbocycles. The van der Waals surface area contributed by atoms with Crippen molar-refractivity contribution in [2.75, 3.05) is 7.11 Å². The van der Waals surface area contributed by atoms with Crippen LogP contribution < -0.4 is 5.32 Å². The molecule has 2 atom stereocenters. The number of ether oxygens (including phenoxy) is 1. The van der Waals surface area contributed by atoms with E-state index in [1.54, 1.807) is 0 Å². The molecule has 0 unspecified atom stereocenters. The van der Waals surface area contributed by atoms with Crippen molar-refractivity contribution in [1.82, 2.24) is 5.32 Å². The fourth-order valence-electron chi connectivity index (χ4n) is 1.70. The standard InChI is InChI=1S/C9H14F3NO2/c1-15-8(14)5-3-6-2-4-7(13-6)9(10,11)12/h6-7,13H,2-5H2,1H3/t6-,7+/m1/s1. The van der Waals surface area contributed by atoms with Gasteiger partial charge in [0.15, 0.2) is 0 Å². The fraction of sp³-hybridized carbons (Fsp3) is 0.889. The van der Waals surface area contributed by atoms with Gasteiger partial charge in [-0.15, -0.1) is 0 Å². The van der Waals surface area contributed by atoms with E-state index in [-0.39, 0.29) is 24.9 Å². The van der Waals surface area contributed by atoms with E-state index in [2.05, 4.69) is 10.1 Å². The van der Waals surface area contributed by atoms with Crippen LogP contribution in [-0.4, -0.2) is 31.3 Å². The minimum Gasteiger partial charge on any atom is -0.469 e. The summed E-state index contributed by atoms with van der Waals surface area (Å²) >= 11 is 0. The topological polar surface area (TPSA) is 38.3 Å². The Bertz CT molecular complexity index is 230. The number of alkyl halides is 3. The third kappa shape index (κ3) is 3.70. The van der Waals surface area contributed by atoms with Crippen LogP contribution in [0.5, 0.6) is 0 Å². The van der Waals surface area contributed by atoms with Gasteiger partial charge in [0.2, 0.25) is 0 Å². The van der Waals surface area contributed by atoms with Crippen LogP contribution in [0.15, 0.2) is 0 Å². The van der Waals surface area contributed by atoms with Crippen molar-refractivity contribution in [2.24, 2.45) is 0 Å². The molecule has 0 bridgehead atoms. The van der Waals surface area contributed by atoms with Gasteiger partial charge < -0.3 is 10.1 Å². The lowest BCUT2D eigenvalue weighted by Gasteiger charge is -2.16. The van der Waals surface area contributed by atoms with E-state index in [0.717, 1.165) is 0 Å². The summed E-state index contributed by atoms with van der Waals surface area (Å²) in [6, 6.07) is -1.64. The molecular weight excluding hydrogens is 211 g/mol. The minimum absolute atomic E-state index is 0.0926. The lowest BCUT2D eigenvalue weighted by molar-refractivity contribution is -0.152. The smallest absolute Gasteiger partial charge is 0.403 e. The Morgan fingerprint density at radius 1 is 1.47 bits per heavy atom. The van der Waals surface area contributed by atoms with Gasteiger partial charge >= 0.3 is 12.1 Å². The monoisotopic (exact) mass is 225 g/mol. The Balaban J connectivity index is 2.28. The van der Waals surface area contributed by atoms with Crippen molar-refractivity contribution in [1.29, 1.82) is 0 Å². The molecule has 0 amide bonds. The molecular formula is C9H14F3NO2. The van der Waals surface area contributed by atoms with Gasteiger partial charge in [-0.25, -0.2) is 0 Å². The highest BCUT2D eigenvalue weighted by Gasteiger charge is 2.43. The van der Waals surface area contributed by atoms with Crippen LogP contribution in [0.25, 0.3) is 0 Å². The Morgan fingerprint density at radius 3 is 2.60 bits per heavy atom. The van der Waals surface area contributed by atoms with Crippen LogP contribution in [0.4, 0.5) is 13.2 Å². The molecule has 1 aliphatic rings. The normalized spacial score (nSPS) is 26.7. The molecule has 0 aliphatic carbocycles. The molecule has 3 nitrogen and oxygen atoms in total. The largest absolute Gasteiger partial charge is 0.469 e. The molecule has 1 fully saturated rings. The Labute approximate surface area is 86.0 Å². The molecule has 88 valence electrons. The molecule has 0 spiro atoms. The van der Waals surface area contributed by atoms with Crippen molar-refractivity contribution in [3.63, 3.8) is 0 Å². The van der Waals surface area contributed by atoms with Crippen LogP contribution in [0.3, 0.4) is 0 Å². The van der Waals surface area contributed by atoms with E-state index in [4.69, 9.17) is 0 Å². The van der Waals surface area contributed by atoms with Crippen LogP contribution >= 0.6 is 0 Å². The summed E-state index contributed by atoms with van der Waals surface area (Å²) in [4.78, 5) is 10.8. The average molecular weight is 225 g/mol. The number of hydrogen-bond donors (Lipinski definition) is 1. The predicted molar refractivity (Wildman–Crippen MR) is 47.3 cm³/mol. The highest BCUT2D eigenvalue weighted by atomic mass is 19.4. The summed E-state index contributed by atoms with van der Waals surface area (Å²) in [5.74, 6) is -0.382. The molecule has 1 saturated heterocycles. The minimum atomic E-state index is -4.18. The van der Waals surface area contributed by atoms with E-state index >= 15 is 0 Å². The molecule has 15 heavy (non-hydrogen) atoms. The molecule has 0 aromatic heterocycles. The number of carbonyl (C=O) groups is 1. The number of halogens is 3. The number of hydrogen-bond acceptors (Lipinski definition) is 3. The number of carbonyl (C=O) groups excluding carboxylic acids is 1. The van der Waals surface area contributed by atoms with Crippen molar-refractivity contribution in [3.05, 3.63) is 0 Å². The Hall–Kier alpha value is -0.780. The Morgan fingerprint density at radius 2 is 2.13 bits per heavy atom. The van der Waals surface area contributed by atoms with E-state index in [1.165, 1.54) is 7.11 Å². The summed E-state index contributed by atoms with van der Waals surface area (Å²) in [6.45, 7) is 0. The lowest BCUT2D eigenvalue weighted by atomic mass is 10.1. The molecule has 0 aromatic rings. The zero-order valence-electron chi connectivity index (χ0n) is 8.43. The highest BCUT2D eigenvalue weighted by molar-refractivity contribution is 5.69. The van der Waals surface area contributed by atoms with Crippen LogP contribution in [0.1, 0.15) is 25.7 Å². The van der Waals surface area contributed by atoms with Crippen LogP contribution in [-0.2, 0) is 9.53 Å². The third-order valence-electron chi connectivity index (χ3n) is 2.56. The van der Waals surface area contributed by atoms with Crippen LogP contribution in [0.2, 0.25) is 0 Å². The van der Waals surface area contributed by atoms with E-state index in [0.29, 0.717) is 12.8 Å². The lowest BCUT2D eigenvalue weighted by Crippen LogP contribution is -2.40. The van der Waals surface area contributed by atoms with Gasteiger partial charge in [0, 0.05) is 12.5 Å². The fourth-order valence-corrected chi connectivity index (χ4v) is 1.70. The van der Waals surface area contributed by atoms with E-state index < -0.39 is 12.2 Å². The summed E-state index contributed by atoms with van der Waals surface area (Å²) in [6.07, 6.45) is -3.06. The highest BCUT2D eigenvalue weighted by Crippen LogP contribution is 2.29. The summed E-state index contributed by atoms with van der Waals surface area (Å²) < 4.78 is 41.2. The molecule has 6 heteroatoms. The summed E-state index contributed by atoms with van der Waals surface area (Å²) in [7, 11) is 1.27. The second kappa shape index (κ2) is 4.83. The van der Waals surface area contributed by atoms with Gasteiger partial charge in [-0.3, -0.25) is 4.79 Å². The average Bonchev–Trinajstić information content (AvgIpc) is 2.61. The molecule has 1 rings (SSSR count). The molecule has 1 N–H and O–H groups in total. The zero-order valence-corrected chi connectivity index (χ0v) is 8.43. The predicted octanol–water partition coefficient (Wildman–Crippen LogP) is 1.62. The third-order valence-corrected chi connectivity index (χ3v) is 2.56. The first kappa shape index (κ1) is 12.3. The maximum absolute atomic E-state index is 12.2. The molecule has 0 saturated carbocycles. The Kier molecular flexibility index (Phi) is 3.96. The number of esters is 1. The first-order valence-electron chi connectivity index (χ1n) is 4.83. The number of rotatable bonds is 3. The van der Waals surface area contributed by atoms with Crippen molar-refractivity contribution >= 4 is 5.97 Å². The van der Waals surface area contributed by atoms with Crippen molar-refractivity contribution < 1.29 is 22.7 Å². The number of nitrogens with one attached hydrogen (secondary N) is 1. The molecule has 0 radical (unpaired) electrons. The van der Waals surface area contributed by atoms with E-state index in [9.17, 15) is 18.0 Å². The van der Waals surface area contributed by atoms with Crippen LogP contribution in [0, 0.1) is 0 Å². The van der Waals surface area contributed by atoms with Crippen molar-refractivity contribution in [2.45, 2.75) is 43.9 Å². The van der Waals surface area contributed by atoms with Gasteiger partial charge in [-0.05, 0) is 19.3 Å². The zero-order chi connectivity index (χ0) is 11.5. The number of methoxy groups -OCH3 is 1. The van der Waals surface area contributed by atoms with Gasteiger partial charge in [0.05, 0.1) is 7.11 Å². The summed E-state index contributed by atoms with van der Waals surface area (Å²) in [5.41, 5.74) is 0. The summed E-state index contributed by atoms with van der Waals surface area (Å²) in [5, 5.41) is 2.48. The quantitative estimate of drug-likeness (QED) is 0.742. The first-order chi connectivity index (χ1) is 6.93. The molecule has 1 aliphatic heterocycles. The maximum Gasteiger partial charge on any atom is 0.403 e. The second-order valence-electron chi connectivity index (χ2n) is 3.65. The molecule has 1 heterocycles. The van der Waals surface area contributed by atoms with E-state index in [1.807, 2.05) is 0 Å². The van der Waals surface area contributed by atoms with Gasteiger partial charge in [0.25, 0.3) is 0 Å².